The fourth-order valence-electron chi connectivity index (χ4n) is 5.53. The van der Waals surface area contributed by atoms with Crippen molar-refractivity contribution in [2.75, 3.05) is 26.2 Å². The molecule has 0 amide bonds. The molecule has 1 radical (unpaired) electrons. The van der Waals surface area contributed by atoms with Crippen LogP contribution in [0.15, 0.2) is 0 Å². The monoisotopic (exact) mass is 219 g/mol. The first-order chi connectivity index (χ1) is 7.84. The standard InChI is InChI=1S/C14H23N2/c1-3-16(4-2-15-1)14-8-11-5-12(9-14)7-13(6-11)10-14/h11-13H,1-10H2. The van der Waals surface area contributed by atoms with Gasteiger partial charge in [0.15, 0.2) is 0 Å². The summed E-state index contributed by atoms with van der Waals surface area (Å²) >= 11 is 0. The average molecular weight is 219 g/mol. The van der Waals surface area contributed by atoms with E-state index in [-0.39, 0.29) is 0 Å². The van der Waals surface area contributed by atoms with Crippen LogP contribution in [0.3, 0.4) is 0 Å². The van der Waals surface area contributed by atoms with Crippen LogP contribution < -0.4 is 5.32 Å². The Morgan fingerprint density at radius 3 is 1.81 bits per heavy atom. The SMILES string of the molecule is C1CN(C23CC4CC(CC(C4)C2)C3)CC[N]1. The van der Waals surface area contributed by atoms with Crippen molar-refractivity contribution in [3.63, 3.8) is 0 Å². The minimum Gasteiger partial charge on any atom is -0.295 e. The Labute approximate surface area is 98.8 Å². The third-order valence-electron chi connectivity index (χ3n) is 5.73. The molecule has 0 atom stereocenters. The summed E-state index contributed by atoms with van der Waals surface area (Å²) < 4.78 is 0. The first kappa shape index (κ1) is 9.90. The Kier molecular flexibility index (Phi) is 2.14. The Balaban J connectivity index is 1.60. The Bertz CT molecular complexity index is 245. The lowest BCUT2D eigenvalue weighted by molar-refractivity contribution is -0.0921. The van der Waals surface area contributed by atoms with Crippen molar-refractivity contribution in [1.82, 2.24) is 10.2 Å². The van der Waals surface area contributed by atoms with Crippen LogP contribution in [0.1, 0.15) is 38.5 Å². The molecule has 5 fully saturated rings. The van der Waals surface area contributed by atoms with Gasteiger partial charge in [0.05, 0.1) is 0 Å². The molecule has 0 spiro atoms. The van der Waals surface area contributed by atoms with Crippen molar-refractivity contribution >= 4 is 0 Å². The summed E-state index contributed by atoms with van der Waals surface area (Å²) in [6, 6.07) is 0. The molecule has 0 aromatic rings. The summed E-state index contributed by atoms with van der Waals surface area (Å²) in [5.41, 5.74) is 0.644. The second kappa shape index (κ2) is 3.46. The van der Waals surface area contributed by atoms with Crippen LogP contribution in [0.2, 0.25) is 0 Å². The van der Waals surface area contributed by atoms with E-state index >= 15 is 0 Å². The summed E-state index contributed by atoms with van der Waals surface area (Å²) in [7, 11) is 0. The van der Waals surface area contributed by atoms with E-state index in [2.05, 4.69) is 10.2 Å². The van der Waals surface area contributed by atoms with Crippen molar-refractivity contribution in [2.24, 2.45) is 17.8 Å². The van der Waals surface area contributed by atoms with Gasteiger partial charge in [0.1, 0.15) is 0 Å². The van der Waals surface area contributed by atoms with E-state index in [1.807, 2.05) is 0 Å². The lowest BCUT2D eigenvalue weighted by Crippen LogP contribution is -2.62. The predicted molar refractivity (Wildman–Crippen MR) is 64.3 cm³/mol. The van der Waals surface area contributed by atoms with Gasteiger partial charge in [-0.2, -0.15) is 0 Å². The number of hydrogen-bond acceptors (Lipinski definition) is 1. The zero-order valence-corrected chi connectivity index (χ0v) is 10.2. The quantitative estimate of drug-likeness (QED) is 0.658. The van der Waals surface area contributed by atoms with E-state index in [9.17, 15) is 0 Å². The molecular formula is C14H23N2. The second-order valence-corrected chi connectivity index (χ2v) is 6.80. The summed E-state index contributed by atoms with van der Waals surface area (Å²) in [5.74, 6) is 3.26. The zero-order valence-electron chi connectivity index (χ0n) is 10.2. The van der Waals surface area contributed by atoms with Gasteiger partial charge in [-0.25, -0.2) is 5.32 Å². The highest BCUT2D eigenvalue weighted by molar-refractivity contribution is 5.07. The van der Waals surface area contributed by atoms with Crippen LogP contribution >= 0.6 is 0 Å². The van der Waals surface area contributed by atoms with Gasteiger partial charge in [-0.1, -0.05) is 0 Å². The van der Waals surface area contributed by atoms with E-state index in [1.54, 1.807) is 19.3 Å². The molecule has 0 aromatic carbocycles. The summed E-state index contributed by atoms with van der Waals surface area (Å²) in [6.07, 6.45) is 9.28. The van der Waals surface area contributed by atoms with Gasteiger partial charge in [0, 0.05) is 31.7 Å². The number of nitrogens with zero attached hydrogens (tertiary/aromatic N) is 2. The first-order valence-corrected chi connectivity index (χ1v) is 7.22. The molecule has 1 saturated heterocycles. The highest BCUT2D eigenvalue weighted by Crippen LogP contribution is 2.57. The van der Waals surface area contributed by atoms with Crippen LogP contribution in [0, 0.1) is 17.8 Å². The molecule has 2 heteroatoms. The molecule has 1 heterocycles. The molecule has 0 N–H and O–H groups in total. The van der Waals surface area contributed by atoms with Gasteiger partial charge in [-0.15, -0.1) is 0 Å². The van der Waals surface area contributed by atoms with Crippen molar-refractivity contribution in [3.8, 4) is 0 Å². The highest BCUT2D eigenvalue weighted by atomic mass is 15.2. The first-order valence-electron chi connectivity index (χ1n) is 7.22. The molecule has 89 valence electrons. The third kappa shape index (κ3) is 1.39. The maximum atomic E-state index is 4.51. The van der Waals surface area contributed by atoms with Crippen molar-refractivity contribution in [3.05, 3.63) is 0 Å². The fraction of sp³-hybridized carbons (Fsp3) is 1.00. The molecule has 2 nitrogen and oxygen atoms in total. The molecular weight excluding hydrogens is 196 g/mol. The van der Waals surface area contributed by atoms with Gasteiger partial charge < -0.3 is 0 Å². The minimum absolute atomic E-state index is 0.644. The van der Waals surface area contributed by atoms with Gasteiger partial charge in [-0.3, -0.25) is 4.90 Å². The van der Waals surface area contributed by atoms with E-state index in [1.165, 1.54) is 32.4 Å². The molecule has 16 heavy (non-hydrogen) atoms. The van der Waals surface area contributed by atoms with Crippen LogP contribution in [0.5, 0.6) is 0 Å². The molecule has 4 bridgehead atoms. The Morgan fingerprint density at radius 1 is 0.812 bits per heavy atom. The lowest BCUT2D eigenvalue weighted by atomic mass is 9.52. The molecule has 0 unspecified atom stereocenters. The van der Waals surface area contributed by atoms with Crippen LogP contribution in [-0.2, 0) is 0 Å². The normalized spacial score (nSPS) is 52.1. The van der Waals surface area contributed by atoms with Crippen molar-refractivity contribution in [1.29, 1.82) is 0 Å². The zero-order chi connectivity index (χ0) is 10.6. The Hall–Kier alpha value is -0.0800. The van der Waals surface area contributed by atoms with E-state index < -0.39 is 0 Å². The van der Waals surface area contributed by atoms with Crippen molar-refractivity contribution < 1.29 is 0 Å². The van der Waals surface area contributed by atoms with Crippen LogP contribution in [-0.4, -0.2) is 36.6 Å². The highest BCUT2D eigenvalue weighted by Gasteiger charge is 2.53. The molecule has 5 rings (SSSR count). The van der Waals surface area contributed by atoms with E-state index in [4.69, 9.17) is 0 Å². The number of piperazine rings is 1. The van der Waals surface area contributed by atoms with Crippen LogP contribution in [0.4, 0.5) is 0 Å². The average Bonchev–Trinajstić information content (AvgIpc) is 2.28. The summed E-state index contributed by atoms with van der Waals surface area (Å²) in [5, 5.41) is 4.51. The van der Waals surface area contributed by atoms with E-state index in [0.717, 1.165) is 30.8 Å². The van der Waals surface area contributed by atoms with Crippen LogP contribution in [0.25, 0.3) is 0 Å². The molecule has 4 saturated carbocycles. The van der Waals surface area contributed by atoms with Crippen molar-refractivity contribution in [2.45, 2.75) is 44.1 Å². The molecule has 0 aromatic heterocycles. The molecule has 4 aliphatic carbocycles. The predicted octanol–water partition coefficient (Wildman–Crippen LogP) is 1.88. The topological polar surface area (TPSA) is 17.3 Å². The van der Waals surface area contributed by atoms with Gasteiger partial charge in [0.25, 0.3) is 0 Å². The van der Waals surface area contributed by atoms with Gasteiger partial charge >= 0.3 is 0 Å². The van der Waals surface area contributed by atoms with Gasteiger partial charge in [-0.05, 0) is 56.3 Å². The summed E-state index contributed by atoms with van der Waals surface area (Å²) in [4.78, 5) is 2.84. The van der Waals surface area contributed by atoms with Gasteiger partial charge in [0.2, 0.25) is 0 Å². The smallest absolute Gasteiger partial charge is 0.0262 e. The molecule has 5 aliphatic rings. The largest absolute Gasteiger partial charge is 0.295 e. The minimum atomic E-state index is 0.644. The second-order valence-electron chi connectivity index (χ2n) is 6.80. The summed E-state index contributed by atoms with van der Waals surface area (Å²) in [6.45, 7) is 4.71. The fourth-order valence-corrected chi connectivity index (χ4v) is 5.53. The maximum absolute atomic E-state index is 4.51. The third-order valence-corrected chi connectivity index (χ3v) is 5.73. The molecule has 1 aliphatic heterocycles. The lowest BCUT2D eigenvalue weighted by Gasteiger charge is -2.61. The number of hydrogen-bond donors (Lipinski definition) is 0. The van der Waals surface area contributed by atoms with E-state index in [0.29, 0.717) is 5.54 Å². The number of rotatable bonds is 1. The maximum Gasteiger partial charge on any atom is 0.0262 e. The Morgan fingerprint density at radius 2 is 1.31 bits per heavy atom.